The molecule has 1 fully saturated rings. The van der Waals surface area contributed by atoms with Crippen molar-refractivity contribution in [2.45, 2.75) is 46.1 Å². The molecular formula is C14H28N2O2. The number of hydrogen-bond donors (Lipinski definition) is 1. The summed E-state index contributed by atoms with van der Waals surface area (Å²) in [4.78, 5) is 14.4. The Labute approximate surface area is 111 Å². The quantitative estimate of drug-likeness (QED) is 0.735. The fourth-order valence-electron chi connectivity index (χ4n) is 2.67. The van der Waals surface area contributed by atoms with Crippen molar-refractivity contribution >= 4 is 5.91 Å². The van der Waals surface area contributed by atoms with E-state index in [4.69, 9.17) is 10.5 Å². The summed E-state index contributed by atoms with van der Waals surface area (Å²) < 4.78 is 5.33. The lowest BCUT2D eigenvalue weighted by atomic mass is 9.78. The molecule has 0 bridgehead atoms. The third-order valence-electron chi connectivity index (χ3n) is 3.89. The van der Waals surface area contributed by atoms with E-state index < -0.39 is 0 Å². The number of rotatable bonds is 6. The van der Waals surface area contributed by atoms with Crippen LogP contribution in [-0.4, -0.2) is 43.2 Å². The van der Waals surface area contributed by atoms with Crippen LogP contribution in [0.25, 0.3) is 0 Å². The summed E-state index contributed by atoms with van der Waals surface area (Å²) in [6.07, 6.45) is 3.06. The number of nitrogens with two attached hydrogens (primary N) is 1. The van der Waals surface area contributed by atoms with Crippen LogP contribution in [-0.2, 0) is 9.53 Å². The highest BCUT2D eigenvalue weighted by Gasteiger charge is 2.33. The summed E-state index contributed by atoms with van der Waals surface area (Å²) in [5.41, 5.74) is 6.11. The fourth-order valence-corrected chi connectivity index (χ4v) is 2.67. The molecule has 0 spiro atoms. The lowest BCUT2D eigenvalue weighted by Crippen LogP contribution is -2.47. The number of ether oxygens (including phenoxy) is 1. The van der Waals surface area contributed by atoms with Gasteiger partial charge in [-0.3, -0.25) is 4.79 Å². The average molecular weight is 256 g/mol. The summed E-state index contributed by atoms with van der Waals surface area (Å²) in [5.74, 6) is 0.843. The number of likely N-dealkylation sites (N-methyl/N-ethyl adjacent to an activating group) is 1. The number of hydrogen-bond acceptors (Lipinski definition) is 3. The van der Waals surface area contributed by atoms with Crippen molar-refractivity contribution in [1.82, 2.24) is 4.90 Å². The second-order valence-corrected chi connectivity index (χ2v) is 5.30. The van der Waals surface area contributed by atoms with Gasteiger partial charge in [0.2, 0.25) is 5.91 Å². The van der Waals surface area contributed by atoms with E-state index in [2.05, 4.69) is 6.92 Å². The number of amides is 1. The first-order chi connectivity index (χ1) is 8.60. The first-order valence-corrected chi connectivity index (χ1v) is 7.22. The van der Waals surface area contributed by atoms with E-state index in [9.17, 15) is 4.79 Å². The van der Waals surface area contributed by atoms with Gasteiger partial charge in [-0.05, 0) is 39.0 Å². The average Bonchev–Trinajstić information content (AvgIpc) is 2.37. The molecule has 1 aliphatic rings. The SMILES string of the molecule is CCOCCN(CC)C(=O)C1CC(C)CCC1N. The predicted octanol–water partition coefficient (Wildman–Crippen LogP) is 1.63. The number of carbonyl (C=O) groups excluding carboxylic acids is 1. The van der Waals surface area contributed by atoms with Crippen LogP contribution in [0.3, 0.4) is 0 Å². The molecule has 0 aromatic heterocycles. The van der Waals surface area contributed by atoms with Crippen LogP contribution >= 0.6 is 0 Å². The maximum absolute atomic E-state index is 12.5. The highest BCUT2D eigenvalue weighted by molar-refractivity contribution is 5.79. The molecule has 0 aromatic carbocycles. The molecule has 0 heterocycles. The van der Waals surface area contributed by atoms with Crippen LogP contribution in [0.4, 0.5) is 0 Å². The van der Waals surface area contributed by atoms with Crippen LogP contribution in [0.5, 0.6) is 0 Å². The standard InChI is InChI=1S/C14H28N2O2/c1-4-16(8-9-18-5-2)14(17)12-10-11(3)6-7-13(12)15/h11-13H,4-10,15H2,1-3H3. The minimum absolute atomic E-state index is 0.00956. The van der Waals surface area contributed by atoms with Crippen molar-refractivity contribution in [1.29, 1.82) is 0 Å². The Morgan fingerprint density at radius 2 is 2.11 bits per heavy atom. The van der Waals surface area contributed by atoms with E-state index in [1.165, 1.54) is 0 Å². The highest BCUT2D eigenvalue weighted by atomic mass is 16.5. The molecule has 18 heavy (non-hydrogen) atoms. The van der Waals surface area contributed by atoms with Crippen molar-refractivity contribution in [3.8, 4) is 0 Å². The summed E-state index contributed by atoms with van der Waals surface area (Å²) >= 11 is 0. The zero-order chi connectivity index (χ0) is 13.5. The highest BCUT2D eigenvalue weighted by Crippen LogP contribution is 2.29. The van der Waals surface area contributed by atoms with Crippen molar-refractivity contribution in [3.63, 3.8) is 0 Å². The van der Waals surface area contributed by atoms with E-state index >= 15 is 0 Å². The van der Waals surface area contributed by atoms with Gasteiger partial charge in [0.15, 0.2) is 0 Å². The molecule has 4 heteroatoms. The Kier molecular flexibility index (Phi) is 6.65. The Bertz CT molecular complexity index is 258. The molecule has 106 valence electrons. The molecule has 2 N–H and O–H groups in total. The van der Waals surface area contributed by atoms with Crippen LogP contribution < -0.4 is 5.73 Å². The van der Waals surface area contributed by atoms with Gasteiger partial charge in [-0.2, -0.15) is 0 Å². The molecule has 4 nitrogen and oxygen atoms in total. The molecular weight excluding hydrogens is 228 g/mol. The molecule has 1 aliphatic carbocycles. The lowest BCUT2D eigenvalue weighted by Gasteiger charge is -2.35. The predicted molar refractivity (Wildman–Crippen MR) is 73.2 cm³/mol. The van der Waals surface area contributed by atoms with Gasteiger partial charge < -0.3 is 15.4 Å². The van der Waals surface area contributed by atoms with Gasteiger partial charge in [0.25, 0.3) is 0 Å². The summed E-state index contributed by atoms with van der Waals surface area (Å²) in [6, 6.07) is 0.0369. The van der Waals surface area contributed by atoms with Crippen molar-refractivity contribution in [2.24, 2.45) is 17.6 Å². The molecule has 0 saturated heterocycles. The van der Waals surface area contributed by atoms with Crippen LogP contribution in [0, 0.1) is 11.8 Å². The van der Waals surface area contributed by atoms with Gasteiger partial charge in [0, 0.05) is 25.7 Å². The van der Waals surface area contributed by atoms with Gasteiger partial charge in [-0.1, -0.05) is 6.92 Å². The van der Waals surface area contributed by atoms with E-state index in [0.717, 1.165) is 25.8 Å². The fraction of sp³-hybridized carbons (Fsp3) is 0.929. The molecule has 1 rings (SSSR count). The molecule has 1 saturated carbocycles. The third kappa shape index (κ3) is 4.25. The van der Waals surface area contributed by atoms with Crippen LogP contribution in [0.15, 0.2) is 0 Å². The van der Waals surface area contributed by atoms with E-state index in [-0.39, 0.29) is 17.9 Å². The molecule has 0 aliphatic heterocycles. The monoisotopic (exact) mass is 256 g/mol. The first kappa shape index (κ1) is 15.4. The van der Waals surface area contributed by atoms with E-state index in [1.54, 1.807) is 0 Å². The summed E-state index contributed by atoms with van der Waals surface area (Å²) in [6.45, 7) is 8.94. The van der Waals surface area contributed by atoms with Gasteiger partial charge >= 0.3 is 0 Å². The van der Waals surface area contributed by atoms with E-state index in [1.807, 2.05) is 18.7 Å². The minimum Gasteiger partial charge on any atom is -0.380 e. The number of nitrogens with zero attached hydrogens (tertiary/aromatic N) is 1. The summed E-state index contributed by atoms with van der Waals surface area (Å²) in [5, 5.41) is 0. The first-order valence-electron chi connectivity index (χ1n) is 7.22. The zero-order valence-electron chi connectivity index (χ0n) is 12.0. The number of carbonyl (C=O) groups is 1. The molecule has 3 unspecified atom stereocenters. The Hall–Kier alpha value is -0.610. The molecule has 3 atom stereocenters. The Morgan fingerprint density at radius 1 is 1.39 bits per heavy atom. The van der Waals surface area contributed by atoms with E-state index in [0.29, 0.717) is 25.7 Å². The second-order valence-electron chi connectivity index (χ2n) is 5.30. The van der Waals surface area contributed by atoms with Gasteiger partial charge in [0.05, 0.1) is 12.5 Å². The molecule has 1 amide bonds. The Morgan fingerprint density at radius 3 is 2.72 bits per heavy atom. The largest absolute Gasteiger partial charge is 0.380 e. The Balaban J connectivity index is 2.53. The van der Waals surface area contributed by atoms with Crippen LogP contribution in [0.2, 0.25) is 0 Å². The zero-order valence-corrected chi connectivity index (χ0v) is 12.0. The maximum Gasteiger partial charge on any atom is 0.227 e. The topological polar surface area (TPSA) is 55.6 Å². The van der Waals surface area contributed by atoms with Crippen molar-refractivity contribution in [2.75, 3.05) is 26.3 Å². The molecule has 0 aromatic rings. The minimum atomic E-state index is 0.00956. The smallest absolute Gasteiger partial charge is 0.227 e. The third-order valence-corrected chi connectivity index (χ3v) is 3.89. The lowest BCUT2D eigenvalue weighted by molar-refractivity contribution is -0.138. The maximum atomic E-state index is 12.5. The van der Waals surface area contributed by atoms with Crippen LogP contribution in [0.1, 0.15) is 40.0 Å². The summed E-state index contributed by atoms with van der Waals surface area (Å²) in [7, 11) is 0. The van der Waals surface area contributed by atoms with Gasteiger partial charge in [0.1, 0.15) is 0 Å². The van der Waals surface area contributed by atoms with Crippen molar-refractivity contribution in [3.05, 3.63) is 0 Å². The van der Waals surface area contributed by atoms with Gasteiger partial charge in [-0.25, -0.2) is 0 Å². The second kappa shape index (κ2) is 7.74. The van der Waals surface area contributed by atoms with Gasteiger partial charge in [-0.15, -0.1) is 0 Å². The normalized spacial score (nSPS) is 28.1. The van der Waals surface area contributed by atoms with Crippen molar-refractivity contribution < 1.29 is 9.53 Å². The molecule has 0 radical (unpaired) electrons.